The van der Waals surface area contributed by atoms with Gasteiger partial charge in [0.1, 0.15) is 11.9 Å². The Bertz CT molecular complexity index is 1120. The van der Waals surface area contributed by atoms with Crippen LogP contribution in [0.2, 0.25) is 10.0 Å². The third kappa shape index (κ3) is 5.93. The van der Waals surface area contributed by atoms with Gasteiger partial charge >= 0.3 is 6.03 Å². The van der Waals surface area contributed by atoms with Crippen LogP contribution in [-0.4, -0.2) is 40.2 Å². The number of primary amides is 1. The number of carbonyl (C=O) groups is 2. The Kier molecular flexibility index (Phi) is 8.12. The van der Waals surface area contributed by atoms with Crippen molar-refractivity contribution >= 4 is 63.1 Å². The molecule has 3 rings (SSSR count). The fraction of sp³-hybridized carbons (Fsp3) is 0.273. The number of likely N-dealkylation sites (tertiary alicyclic amines) is 1. The Hall–Kier alpha value is -2.88. The van der Waals surface area contributed by atoms with Crippen LogP contribution in [0.1, 0.15) is 29.0 Å². The van der Waals surface area contributed by atoms with E-state index < -0.39 is 18.0 Å². The number of hydrogen-bond donors (Lipinski definition) is 3. The molecule has 11 heteroatoms. The fourth-order valence-electron chi connectivity index (χ4n) is 3.51. The van der Waals surface area contributed by atoms with Crippen LogP contribution in [0.4, 0.5) is 9.93 Å². The zero-order valence-electron chi connectivity index (χ0n) is 18.0. The topological polar surface area (TPSA) is 127 Å². The normalized spacial score (nSPS) is 16.7. The Balaban J connectivity index is 1.81. The Morgan fingerprint density at radius 1 is 1.36 bits per heavy atom. The number of aromatic nitrogens is 1. The molecule has 2 aromatic rings. The lowest BCUT2D eigenvalue weighted by molar-refractivity contribution is -0.121. The Morgan fingerprint density at radius 3 is 2.70 bits per heavy atom. The largest absolute Gasteiger partial charge is 0.387 e. The fourth-order valence-corrected chi connectivity index (χ4v) is 4.97. The number of hydrogen-bond acceptors (Lipinski definition) is 5. The number of nitrogens with one attached hydrogen (secondary N) is 1. The number of nitrogens with zero attached hydrogens (tertiary/aromatic N) is 3. The molecule has 0 saturated carbocycles. The highest BCUT2D eigenvalue weighted by Crippen LogP contribution is 2.31. The summed E-state index contributed by atoms with van der Waals surface area (Å²) in [4.78, 5) is 35.4. The molecule has 0 radical (unpaired) electrons. The highest BCUT2D eigenvalue weighted by molar-refractivity contribution is 7.17. The van der Waals surface area contributed by atoms with Crippen molar-refractivity contribution in [3.8, 4) is 0 Å². The first kappa shape index (κ1) is 24.8. The maximum absolute atomic E-state index is 12.7. The summed E-state index contributed by atoms with van der Waals surface area (Å²) in [6, 6.07) is 4.21. The summed E-state index contributed by atoms with van der Waals surface area (Å²) in [6.07, 6.45) is 4.84. The molecule has 1 saturated heterocycles. The summed E-state index contributed by atoms with van der Waals surface area (Å²) in [5.41, 5.74) is 13.5. The van der Waals surface area contributed by atoms with Gasteiger partial charge in [0.25, 0.3) is 0 Å². The average Bonchev–Trinajstić information content (AvgIpc) is 3.37. The molecular formula is C22H24Cl2N6O2S. The van der Waals surface area contributed by atoms with E-state index in [1.807, 2.05) is 0 Å². The molecule has 1 aliphatic heterocycles. The minimum absolute atomic E-state index is 0.262. The lowest BCUT2D eigenvalue weighted by Gasteiger charge is -2.21. The molecule has 174 valence electrons. The highest BCUT2D eigenvalue weighted by Gasteiger charge is 2.33. The van der Waals surface area contributed by atoms with Gasteiger partial charge in [0.2, 0.25) is 5.91 Å². The van der Waals surface area contributed by atoms with Crippen molar-refractivity contribution in [2.24, 2.45) is 16.5 Å². The minimum Gasteiger partial charge on any atom is -0.387 e. The molecule has 0 unspecified atom stereocenters. The molecule has 8 nitrogen and oxygen atoms in total. The van der Waals surface area contributed by atoms with Gasteiger partial charge in [-0.3, -0.25) is 10.1 Å². The standard InChI is InChI=1S/C22H24Cl2N6O2S/c1-3-6-16(28-18(25)11-13-14(23)7-4-8-15(13)24)19-12(2)27-21(33-19)29-22(32)30-10-5-9-17(30)20(26)31/h3-4,6-8,17H,1,5,9-11H2,2H3,(H2,25,28)(H2,26,31)(H,27,29,32)/b16-6-/t17-/m0/s1. The first-order valence-electron chi connectivity index (χ1n) is 10.1. The number of aryl methyl sites for hydroxylation is 1. The molecule has 3 amide bonds. The molecule has 0 bridgehead atoms. The third-order valence-electron chi connectivity index (χ3n) is 5.04. The molecule has 0 spiro atoms. The van der Waals surface area contributed by atoms with Crippen molar-refractivity contribution in [3.05, 3.63) is 63.1 Å². The predicted molar refractivity (Wildman–Crippen MR) is 135 cm³/mol. The van der Waals surface area contributed by atoms with E-state index in [0.29, 0.717) is 55.8 Å². The summed E-state index contributed by atoms with van der Waals surface area (Å²) >= 11 is 13.7. The number of carbonyl (C=O) groups excluding carboxylic acids is 2. The Labute approximate surface area is 206 Å². The number of nitrogens with two attached hydrogens (primary N) is 2. The van der Waals surface area contributed by atoms with E-state index in [-0.39, 0.29) is 6.42 Å². The van der Waals surface area contributed by atoms with Gasteiger partial charge in [-0.25, -0.2) is 14.8 Å². The molecule has 1 aromatic carbocycles. The first-order valence-corrected chi connectivity index (χ1v) is 11.7. The van der Waals surface area contributed by atoms with Crippen LogP contribution >= 0.6 is 34.5 Å². The summed E-state index contributed by atoms with van der Waals surface area (Å²) in [5, 5.41) is 4.14. The lowest BCUT2D eigenvalue weighted by atomic mass is 10.1. The minimum atomic E-state index is -0.609. The molecule has 5 N–H and O–H groups in total. The average molecular weight is 507 g/mol. The second-order valence-electron chi connectivity index (χ2n) is 7.39. The van der Waals surface area contributed by atoms with Gasteiger partial charge in [-0.1, -0.05) is 53.3 Å². The van der Waals surface area contributed by atoms with E-state index in [2.05, 4.69) is 21.9 Å². The molecule has 0 aliphatic carbocycles. The zero-order chi connectivity index (χ0) is 24.1. The van der Waals surface area contributed by atoms with Crippen molar-refractivity contribution in [1.82, 2.24) is 9.88 Å². The Morgan fingerprint density at radius 2 is 2.06 bits per heavy atom. The smallest absolute Gasteiger partial charge is 0.324 e. The van der Waals surface area contributed by atoms with E-state index in [1.54, 1.807) is 37.3 Å². The van der Waals surface area contributed by atoms with E-state index in [4.69, 9.17) is 34.7 Å². The van der Waals surface area contributed by atoms with Crippen molar-refractivity contribution in [2.45, 2.75) is 32.2 Å². The number of urea groups is 1. The maximum Gasteiger partial charge on any atom is 0.324 e. The van der Waals surface area contributed by atoms with Crippen LogP contribution in [-0.2, 0) is 11.2 Å². The number of halogens is 2. The summed E-state index contributed by atoms with van der Waals surface area (Å²) in [5.74, 6) is -0.212. The lowest BCUT2D eigenvalue weighted by Crippen LogP contribution is -2.45. The number of amidine groups is 1. The van der Waals surface area contributed by atoms with Gasteiger partial charge in [0, 0.05) is 23.0 Å². The van der Waals surface area contributed by atoms with Crippen LogP contribution in [0, 0.1) is 6.92 Å². The predicted octanol–water partition coefficient (Wildman–Crippen LogP) is 4.37. The summed E-state index contributed by atoms with van der Waals surface area (Å²) in [6.45, 7) is 6.01. The van der Waals surface area contributed by atoms with Crippen molar-refractivity contribution in [2.75, 3.05) is 11.9 Å². The second-order valence-corrected chi connectivity index (χ2v) is 9.20. The molecule has 1 fully saturated rings. The molecule has 1 aromatic heterocycles. The SMILES string of the molecule is C=C/C=C(\N=C(N)Cc1c(Cl)cccc1Cl)c1sc(NC(=O)N2CCC[C@H]2C(N)=O)nc1C. The van der Waals surface area contributed by atoms with Crippen molar-refractivity contribution in [3.63, 3.8) is 0 Å². The van der Waals surface area contributed by atoms with Crippen LogP contribution < -0.4 is 16.8 Å². The van der Waals surface area contributed by atoms with Gasteiger partial charge in [-0.2, -0.15) is 0 Å². The highest BCUT2D eigenvalue weighted by atomic mass is 35.5. The number of benzene rings is 1. The van der Waals surface area contributed by atoms with Crippen molar-refractivity contribution in [1.29, 1.82) is 0 Å². The summed E-state index contributed by atoms with van der Waals surface area (Å²) < 4.78 is 0. The number of aliphatic imine (C=N–C) groups is 1. The third-order valence-corrected chi connectivity index (χ3v) is 6.85. The number of anilines is 1. The molecule has 2 heterocycles. The number of rotatable bonds is 7. The van der Waals surface area contributed by atoms with Crippen LogP contribution in [0.15, 0.2) is 41.9 Å². The van der Waals surface area contributed by atoms with E-state index in [9.17, 15) is 9.59 Å². The van der Waals surface area contributed by atoms with Gasteiger partial charge in [-0.05, 0) is 43.5 Å². The van der Waals surface area contributed by atoms with Gasteiger partial charge in [0.15, 0.2) is 5.13 Å². The van der Waals surface area contributed by atoms with Gasteiger partial charge < -0.3 is 16.4 Å². The van der Waals surface area contributed by atoms with Crippen molar-refractivity contribution < 1.29 is 9.59 Å². The number of allylic oxidation sites excluding steroid dienone is 2. The van der Waals surface area contributed by atoms with Gasteiger partial charge in [0.05, 0.1) is 16.3 Å². The quantitative estimate of drug-likeness (QED) is 0.292. The first-order chi connectivity index (χ1) is 15.7. The number of amides is 3. The molecule has 1 atom stereocenters. The monoisotopic (exact) mass is 506 g/mol. The van der Waals surface area contributed by atoms with E-state index in [0.717, 1.165) is 6.42 Å². The van der Waals surface area contributed by atoms with E-state index in [1.165, 1.54) is 16.2 Å². The number of thiazole rings is 1. The van der Waals surface area contributed by atoms with Crippen LogP contribution in [0.3, 0.4) is 0 Å². The molecular weight excluding hydrogens is 483 g/mol. The second kappa shape index (κ2) is 10.8. The zero-order valence-corrected chi connectivity index (χ0v) is 20.3. The van der Waals surface area contributed by atoms with E-state index >= 15 is 0 Å². The molecule has 1 aliphatic rings. The van der Waals surface area contributed by atoms with Gasteiger partial charge in [-0.15, -0.1) is 0 Å². The summed E-state index contributed by atoms with van der Waals surface area (Å²) in [7, 11) is 0. The molecule has 33 heavy (non-hydrogen) atoms. The maximum atomic E-state index is 12.7. The van der Waals surface area contributed by atoms with Crippen LogP contribution in [0.5, 0.6) is 0 Å². The van der Waals surface area contributed by atoms with Crippen LogP contribution in [0.25, 0.3) is 5.70 Å².